The third kappa shape index (κ3) is 2.55. The molecule has 1 fully saturated rings. The van der Waals surface area contributed by atoms with Crippen molar-refractivity contribution >= 4 is 15.9 Å². The van der Waals surface area contributed by atoms with E-state index in [0.717, 1.165) is 10.9 Å². The zero-order valence-electron chi connectivity index (χ0n) is 7.41. The molecule has 0 aliphatic heterocycles. The van der Waals surface area contributed by atoms with Crippen molar-refractivity contribution in [1.29, 1.82) is 0 Å². The first-order valence-corrected chi connectivity index (χ1v) is 5.47. The van der Waals surface area contributed by atoms with Crippen LogP contribution in [0.2, 0.25) is 0 Å². The number of rotatable bonds is 3. The van der Waals surface area contributed by atoms with Gasteiger partial charge in [0, 0.05) is 4.47 Å². The summed E-state index contributed by atoms with van der Waals surface area (Å²) in [4.78, 5) is 0. The molecular formula is C11H13BrO. The van der Waals surface area contributed by atoms with E-state index >= 15 is 0 Å². The fraction of sp³-hybridized carbons (Fsp3) is 0.455. The van der Waals surface area contributed by atoms with Crippen LogP contribution >= 0.6 is 15.9 Å². The second kappa shape index (κ2) is 3.81. The van der Waals surface area contributed by atoms with Crippen LogP contribution in [0.4, 0.5) is 0 Å². The number of aliphatic hydroxyl groups excluding tert-OH is 1. The van der Waals surface area contributed by atoms with Crippen LogP contribution in [0.25, 0.3) is 0 Å². The predicted molar refractivity (Wildman–Crippen MR) is 56.6 cm³/mol. The van der Waals surface area contributed by atoms with Gasteiger partial charge >= 0.3 is 0 Å². The molecule has 0 saturated heterocycles. The smallest absolute Gasteiger partial charge is 0.0608 e. The molecule has 70 valence electrons. The summed E-state index contributed by atoms with van der Waals surface area (Å²) in [6, 6.07) is 8.18. The summed E-state index contributed by atoms with van der Waals surface area (Å²) >= 11 is 3.39. The van der Waals surface area contributed by atoms with E-state index < -0.39 is 0 Å². The van der Waals surface area contributed by atoms with Crippen LogP contribution in [-0.4, -0.2) is 11.2 Å². The first kappa shape index (κ1) is 9.22. The van der Waals surface area contributed by atoms with Crippen LogP contribution in [0.3, 0.4) is 0 Å². The fourth-order valence-electron chi connectivity index (χ4n) is 1.51. The summed E-state index contributed by atoms with van der Waals surface area (Å²) in [5.41, 5.74) is 1.22. The highest BCUT2D eigenvalue weighted by Crippen LogP contribution is 2.33. The minimum absolute atomic E-state index is 0.124. The van der Waals surface area contributed by atoms with Crippen LogP contribution in [0, 0.1) is 5.92 Å². The lowest BCUT2D eigenvalue weighted by atomic mass is 10.1. The molecular weight excluding hydrogens is 228 g/mol. The molecule has 0 amide bonds. The third-order valence-electron chi connectivity index (χ3n) is 2.52. The monoisotopic (exact) mass is 240 g/mol. The van der Waals surface area contributed by atoms with Gasteiger partial charge < -0.3 is 5.11 Å². The van der Waals surface area contributed by atoms with Gasteiger partial charge in [0.05, 0.1) is 6.10 Å². The Morgan fingerprint density at radius 2 is 1.92 bits per heavy atom. The van der Waals surface area contributed by atoms with Crippen molar-refractivity contribution in [3.8, 4) is 0 Å². The van der Waals surface area contributed by atoms with Crippen LogP contribution in [0.15, 0.2) is 28.7 Å². The van der Waals surface area contributed by atoms with Gasteiger partial charge in [-0.25, -0.2) is 0 Å². The molecule has 0 bridgehead atoms. The second-order valence-electron chi connectivity index (χ2n) is 3.74. The van der Waals surface area contributed by atoms with Gasteiger partial charge in [-0.15, -0.1) is 0 Å². The van der Waals surface area contributed by atoms with Gasteiger partial charge in [-0.3, -0.25) is 0 Å². The summed E-state index contributed by atoms with van der Waals surface area (Å²) in [6.45, 7) is 0. The Balaban J connectivity index is 1.96. The van der Waals surface area contributed by atoms with Gasteiger partial charge in [-0.2, -0.15) is 0 Å². The van der Waals surface area contributed by atoms with Crippen molar-refractivity contribution in [3.63, 3.8) is 0 Å². The second-order valence-corrected chi connectivity index (χ2v) is 4.65. The maximum Gasteiger partial charge on any atom is 0.0608 e. The SMILES string of the molecule is O[C@@H](Cc1ccc(Br)cc1)C1CC1. The molecule has 1 atom stereocenters. The highest BCUT2D eigenvalue weighted by molar-refractivity contribution is 9.10. The van der Waals surface area contributed by atoms with Crippen molar-refractivity contribution in [3.05, 3.63) is 34.3 Å². The Labute approximate surface area is 86.9 Å². The number of halogens is 1. The van der Waals surface area contributed by atoms with Gasteiger partial charge in [-0.1, -0.05) is 28.1 Å². The third-order valence-corrected chi connectivity index (χ3v) is 3.05. The molecule has 1 nitrogen and oxygen atoms in total. The summed E-state index contributed by atoms with van der Waals surface area (Å²) in [5, 5.41) is 9.70. The zero-order valence-corrected chi connectivity index (χ0v) is 9.00. The molecule has 0 heterocycles. The van der Waals surface area contributed by atoms with Crippen LogP contribution in [0.5, 0.6) is 0 Å². The molecule has 0 radical (unpaired) electrons. The van der Waals surface area contributed by atoms with Crippen molar-refractivity contribution in [1.82, 2.24) is 0 Å². The van der Waals surface area contributed by atoms with E-state index in [1.165, 1.54) is 18.4 Å². The minimum atomic E-state index is -0.124. The maximum absolute atomic E-state index is 9.70. The number of benzene rings is 1. The summed E-state index contributed by atoms with van der Waals surface area (Å²) in [6.07, 6.45) is 3.09. The van der Waals surface area contributed by atoms with Crippen molar-refractivity contribution in [2.24, 2.45) is 5.92 Å². The Morgan fingerprint density at radius 1 is 1.31 bits per heavy atom. The number of hydrogen-bond donors (Lipinski definition) is 1. The van der Waals surface area contributed by atoms with E-state index in [4.69, 9.17) is 0 Å². The lowest BCUT2D eigenvalue weighted by Crippen LogP contribution is -2.12. The molecule has 1 aliphatic rings. The van der Waals surface area contributed by atoms with E-state index in [1.807, 2.05) is 12.1 Å². The lowest BCUT2D eigenvalue weighted by molar-refractivity contribution is 0.151. The Morgan fingerprint density at radius 3 is 2.46 bits per heavy atom. The Bertz CT molecular complexity index is 277. The molecule has 0 unspecified atom stereocenters. The largest absolute Gasteiger partial charge is 0.392 e. The number of aliphatic hydroxyl groups is 1. The molecule has 0 spiro atoms. The molecule has 2 heteroatoms. The average Bonchev–Trinajstić information content (AvgIpc) is 2.91. The Hall–Kier alpha value is -0.340. The summed E-state index contributed by atoms with van der Waals surface area (Å²) in [7, 11) is 0. The highest BCUT2D eigenvalue weighted by Gasteiger charge is 2.29. The standard InChI is InChI=1S/C11H13BrO/c12-10-5-1-8(2-6-10)7-11(13)9-3-4-9/h1-2,5-6,9,11,13H,3-4,7H2/t11-/m0/s1. The van der Waals surface area contributed by atoms with Crippen molar-refractivity contribution in [2.75, 3.05) is 0 Å². The van der Waals surface area contributed by atoms with Gasteiger partial charge in [0.2, 0.25) is 0 Å². The first-order valence-electron chi connectivity index (χ1n) is 4.68. The molecule has 0 aromatic heterocycles. The molecule has 1 aromatic carbocycles. The molecule has 1 aliphatic carbocycles. The van der Waals surface area contributed by atoms with Gasteiger partial charge in [0.15, 0.2) is 0 Å². The van der Waals surface area contributed by atoms with E-state index in [-0.39, 0.29) is 6.10 Å². The molecule has 1 N–H and O–H groups in total. The van der Waals surface area contributed by atoms with Crippen molar-refractivity contribution < 1.29 is 5.11 Å². The maximum atomic E-state index is 9.70. The van der Waals surface area contributed by atoms with E-state index in [0.29, 0.717) is 5.92 Å². The lowest BCUT2D eigenvalue weighted by Gasteiger charge is -2.08. The van der Waals surface area contributed by atoms with E-state index in [1.54, 1.807) is 0 Å². The molecule has 13 heavy (non-hydrogen) atoms. The molecule has 1 saturated carbocycles. The average molecular weight is 241 g/mol. The Kier molecular flexibility index (Phi) is 2.70. The summed E-state index contributed by atoms with van der Waals surface area (Å²) in [5.74, 6) is 0.573. The number of hydrogen-bond acceptors (Lipinski definition) is 1. The van der Waals surface area contributed by atoms with Gasteiger partial charge in [0.1, 0.15) is 0 Å². The molecule has 1 aromatic rings. The van der Waals surface area contributed by atoms with Gasteiger partial charge in [0.25, 0.3) is 0 Å². The van der Waals surface area contributed by atoms with Crippen molar-refractivity contribution in [2.45, 2.75) is 25.4 Å². The predicted octanol–water partition coefficient (Wildman–Crippen LogP) is 2.76. The van der Waals surface area contributed by atoms with Crippen LogP contribution < -0.4 is 0 Å². The quantitative estimate of drug-likeness (QED) is 0.862. The van der Waals surface area contributed by atoms with Crippen LogP contribution in [0.1, 0.15) is 18.4 Å². The fourth-order valence-corrected chi connectivity index (χ4v) is 1.77. The normalized spacial score (nSPS) is 18.6. The minimum Gasteiger partial charge on any atom is -0.392 e. The van der Waals surface area contributed by atoms with E-state index in [9.17, 15) is 5.11 Å². The summed E-state index contributed by atoms with van der Waals surface area (Å²) < 4.78 is 1.09. The zero-order chi connectivity index (χ0) is 9.26. The first-order chi connectivity index (χ1) is 6.25. The topological polar surface area (TPSA) is 20.2 Å². The van der Waals surface area contributed by atoms with Gasteiger partial charge in [-0.05, 0) is 42.9 Å². The highest BCUT2D eigenvalue weighted by atomic mass is 79.9. The molecule has 2 rings (SSSR count). The van der Waals surface area contributed by atoms with Crippen LogP contribution in [-0.2, 0) is 6.42 Å². The van der Waals surface area contributed by atoms with E-state index in [2.05, 4.69) is 28.1 Å².